The van der Waals surface area contributed by atoms with Crippen LogP contribution in [0.5, 0.6) is 11.5 Å². The zero-order chi connectivity index (χ0) is 17.9. The van der Waals surface area contributed by atoms with Crippen molar-refractivity contribution in [2.75, 3.05) is 13.2 Å². The molecule has 1 aliphatic rings. The number of benzene rings is 1. The molecule has 1 fully saturated rings. The number of hydrogen-bond donors (Lipinski definition) is 1. The highest BCUT2D eigenvalue weighted by molar-refractivity contribution is 5.74. The Balaban J connectivity index is 2.26. The van der Waals surface area contributed by atoms with E-state index in [1.165, 1.54) is 13.0 Å². The number of likely N-dealkylation sites (tertiary alicyclic amines) is 1. The molecule has 0 spiro atoms. The van der Waals surface area contributed by atoms with Crippen LogP contribution in [-0.2, 0) is 4.79 Å². The van der Waals surface area contributed by atoms with Crippen molar-refractivity contribution in [3.63, 3.8) is 0 Å². The van der Waals surface area contributed by atoms with Crippen molar-refractivity contribution in [3.05, 3.63) is 23.8 Å². The van der Waals surface area contributed by atoms with Crippen molar-refractivity contribution in [1.82, 2.24) is 4.90 Å². The Morgan fingerprint density at radius 2 is 2.04 bits per heavy atom. The van der Waals surface area contributed by atoms with E-state index < -0.39 is 6.61 Å². The van der Waals surface area contributed by atoms with Gasteiger partial charge in [-0.1, -0.05) is 6.07 Å². The highest BCUT2D eigenvalue weighted by atomic mass is 19.3. The molecule has 0 aliphatic carbocycles. The van der Waals surface area contributed by atoms with Crippen molar-refractivity contribution >= 4 is 5.91 Å². The predicted molar refractivity (Wildman–Crippen MR) is 84.5 cm³/mol. The molecule has 1 amide bonds. The summed E-state index contributed by atoms with van der Waals surface area (Å²) < 4.78 is 35.1. The van der Waals surface area contributed by atoms with Gasteiger partial charge in [0.2, 0.25) is 5.91 Å². The minimum absolute atomic E-state index is 0.0115. The van der Waals surface area contributed by atoms with E-state index in [1.54, 1.807) is 30.9 Å². The molecule has 0 unspecified atom stereocenters. The highest BCUT2D eigenvalue weighted by Crippen LogP contribution is 2.37. The van der Waals surface area contributed by atoms with Crippen molar-refractivity contribution in [3.8, 4) is 11.5 Å². The Morgan fingerprint density at radius 1 is 1.33 bits per heavy atom. The molecule has 0 bridgehead atoms. The van der Waals surface area contributed by atoms with E-state index in [0.29, 0.717) is 13.0 Å². The number of aliphatic hydroxyl groups excluding tert-OH is 1. The van der Waals surface area contributed by atoms with Crippen LogP contribution in [0.4, 0.5) is 8.78 Å². The molecule has 2 rings (SSSR count). The average Bonchev–Trinajstić information content (AvgIpc) is 2.92. The van der Waals surface area contributed by atoms with E-state index in [0.717, 1.165) is 5.56 Å². The standard InChI is InChI=1S/C17H23F2NO4/c1-10(2)23-16-7-12(4-5-15(16)24-17(18)19)13-6-14(9-21)20(8-13)11(3)22/h4-5,7,10,13-14,17,21H,6,8-9H2,1-3H3/t13-,14-/m1/s1. The SMILES string of the molecule is CC(=O)N1C[C@H](c2ccc(OC(F)F)c(OC(C)C)c2)C[C@@H]1CO. The summed E-state index contributed by atoms with van der Waals surface area (Å²) in [7, 11) is 0. The zero-order valence-electron chi connectivity index (χ0n) is 14.0. The van der Waals surface area contributed by atoms with Crippen molar-refractivity contribution in [1.29, 1.82) is 0 Å². The lowest BCUT2D eigenvalue weighted by molar-refractivity contribution is -0.130. The van der Waals surface area contributed by atoms with Crippen LogP contribution < -0.4 is 9.47 Å². The summed E-state index contributed by atoms with van der Waals surface area (Å²) in [6, 6.07) is 4.62. The summed E-state index contributed by atoms with van der Waals surface area (Å²) in [5.41, 5.74) is 0.870. The largest absolute Gasteiger partial charge is 0.487 e. The lowest BCUT2D eigenvalue weighted by Crippen LogP contribution is -2.35. The number of aliphatic hydroxyl groups is 1. The Bertz CT molecular complexity index is 580. The Labute approximate surface area is 140 Å². The summed E-state index contributed by atoms with van der Waals surface area (Å²) in [6.07, 6.45) is 0.425. The van der Waals surface area contributed by atoms with E-state index in [-0.39, 0.29) is 42.1 Å². The Kier molecular flexibility index (Phi) is 5.99. The van der Waals surface area contributed by atoms with Crippen LogP contribution in [0.15, 0.2) is 18.2 Å². The molecule has 0 saturated carbocycles. The fourth-order valence-corrected chi connectivity index (χ4v) is 3.03. The van der Waals surface area contributed by atoms with E-state index in [1.807, 2.05) is 0 Å². The van der Waals surface area contributed by atoms with Gasteiger partial charge in [0.25, 0.3) is 0 Å². The second-order valence-corrected chi connectivity index (χ2v) is 6.19. The molecule has 1 aromatic carbocycles. The second-order valence-electron chi connectivity index (χ2n) is 6.19. The maximum absolute atomic E-state index is 12.5. The van der Waals surface area contributed by atoms with Gasteiger partial charge < -0.3 is 19.5 Å². The van der Waals surface area contributed by atoms with Crippen LogP contribution in [0.3, 0.4) is 0 Å². The molecule has 1 heterocycles. The monoisotopic (exact) mass is 343 g/mol. The fourth-order valence-electron chi connectivity index (χ4n) is 3.03. The fraction of sp³-hybridized carbons (Fsp3) is 0.588. The van der Waals surface area contributed by atoms with Gasteiger partial charge in [0.1, 0.15) is 0 Å². The van der Waals surface area contributed by atoms with E-state index in [9.17, 15) is 18.7 Å². The van der Waals surface area contributed by atoms with Crippen molar-refractivity contribution < 1.29 is 28.2 Å². The lowest BCUT2D eigenvalue weighted by atomic mass is 9.96. The van der Waals surface area contributed by atoms with Gasteiger partial charge >= 0.3 is 6.61 Å². The summed E-state index contributed by atoms with van der Waals surface area (Å²) in [5.74, 6) is 0.168. The van der Waals surface area contributed by atoms with Crippen LogP contribution in [0, 0.1) is 0 Å². The highest BCUT2D eigenvalue weighted by Gasteiger charge is 2.34. The van der Waals surface area contributed by atoms with Gasteiger partial charge in [0.05, 0.1) is 18.8 Å². The first kappa shape index (κ1) is 18.4. The molecular weight excluding hydrogens is 320 g/mol. The van der Waals surface area contributed by atoms with Gasteiger partial charge in [-0.15, -0.1) is 0 Å². The molecule has 1 N–H and O–H groups in total. The number of alkyl halides is 2. The van der Waals surface area contributed by atoms with Gasteiger partial charge in [-0.25, -0.2) is 0 Å². The molecule has 1 saturated heterocycles. The molecule has 0 aromatic heterocycles. The number of nitrogens with zero attached hydrogens (tertiary/aromatic N) is 1. The van der Waals surface area contributed by atoms with Crippen LogP contribution in [0.25, 0.3) is 0 Å². The van der Waals surface area contributed by atoms with Crippen LogP contribution in [0.2, 0.25) is 0 Å². The molecule has 24 heavy (non-hydrogen) atoms. The number of rotatable bonds is 6. The predicted octanol–water partition coefficient (Wildman–Crippen LogP) is 2.77. The van der Waals surface area contributed by atoms with Crippen LogP contribution >= 0.6 is 0 Å². The minimum atomic E-state index is -2.93. The molecule has 0 radical (unpaired) electrons. The first-order chi connectivity index (χ1) is 11.3. The zero-order valence-corrected chi connectivity index (χ0v) is 14.0. The minimum Gasteiger partial charge on any atom is -0.487 e. The topological polar surface area (TPSA) is 59.0 Å². The molecular formula is C17H23F2NO4. The second kappa shape index (κ2) is 7.79. The number of halogens is 2. The maximum atomic E-state index is 12.5. The third-order valence-electron chi connectivity index (χ3n) is 4.05. The third kappa shape index (κ3) is 4.35. The quantitative estimate of drug-likeness (QED) is 0.863. The number of amides is 1. The summed E-state index contributed by atoms with van der Waals surface area (Å²) >= 11 is 0. The van der Waals surface area contributed by atoms with Gasteiger partial charge in [-0.05, 0) is 38.0 Å². The Morgan fingerprint density at radius 3 is 2.54 bits per heavy atom. The molecule has 2 atom stereocenters. The van der Waals surface area contributed by atoms with Gasteiger partial charge in [0, 0.05) is 19.4 Å². The number of carbonyl (C=O) groups excluding carboxylic acids is 1. The molecule has 7 heteroatoms. The van der Waals surface area contributed by atoms with E-state index in [4.69, 9.17) is 4.74 Å². The van der Waals surface area contributed by atoms with Crippen LogP contribution in [0.1, 0.15) is 38.7 Å². The number of carbonyl (C=O) groups is 1. The van der Waals surface area contributed by atoms with Gasteiger partial charge in [-0.2, -0.15) is 8.78 Å². The van der Waals surface area contributed by atoms with Gasteiger partial charge in [-0.3, -0.25) is 4.79 Å². The van der Waals surface area contributed by atoms with E-state index in [2.05, 4.69) is 4.74 Å². The average molecular weight is 343 g/mol. The Hall–Kier alpha value is -1.89. The van der Waals surface area contributed by atoms with Gasteiger partial charge in [0.15, 0.2) is 11.5 Å². The smallest absolute Gasteiger partial charge is 0.387 e. The molecule has 5 nitrogen and oxygen atoms in total. The third-order valence-corrected chi connectivity index (χ3v) is 4.05. The summed E-state index contributed by atoms with van der Waals surface area (Å²) in [6.45, 7) is 2.53. The normalized spacial score (nSPS) is 20.8. The number of ether oxygens (including phenoxy) is 2. The molecule has 134 valence electrons. The van der Waals surface area contributed by atoms with Crippen molar-refractivity contribution in [2.45, 2.75) is 51.9 Å². The van der Waals surface area contributed by atoms with E-state index >= 15 is 0 Å². The molecule has 1 aliphatic heterocycles. The number of hydrogen-bond acceptors (Lipinski definition) is 4. The lowest BCUT2D eigenvalue weighted by Gasteiger charge is -2.20. The first-order valence-electron chi connectivity index (χ1n) is 7.95. The van der Waals surface area contributed by atoms with Crippen LogP contribution in [-0.4, -0.2) is 47.8 Å². The van der Waals surface area contributed by atoms with Crippen molar-refractivity contribution in [2.24, 2.45) is 0 Å². The summed E-state index contributed by atoms with van der Waals surface area (Å²) in [4.78, 5) is 13.3. The maximum Gasteiger partial charge on any atom is 0.387 e. The summed E-state index contributed by atoms with van der Waals surface area (Å²) in [5, 5.41) is 9.44. The molecule has 1 aromatic rings. The first-order valence-corrected chi connectivity index (χ1v) is 7.95.